The number of aliphatic hydroxyl groups is 1. The van der Waals surface area contributed by atoms with E-state index in [-0.39, 0.29) is 0 Å². The van der Waals surface area contributed by atoms with E-state index in [1.165, 1.54) is 0 Å². The summed E-state index contributed by atoms with van der Waals surface area (Å²) in [5.74, 6) is 5.87. The first-order valence-electron chi connectivity index (χ1n) is 5.09. The van der Waals surface area contributed by atoms with E-state index >= 15 is 0 Å². The first-order valence-corrected chi connectivity index (χ1v) is 5.09. The molecular formula is C11H19NO. The monoisotopic (exact) mass is 181 g/mol. The summed E-state index contributed by atoms with van der Waals surface area (Å²) in [6, 6.07) is 0. The van der Waals surface area contributed by atoms with E-state index in [0.29, 0.717) is 0 Å². The lowest BCUT2D eigenvalue weighted by Crippen LogP contribution is -2.29. The van der Waals surface area contributed by atoms with Gasteiger partial charge in [0, 0.05) is 6.42 Å². The van der Waals surface area contributed by atoms with Gasteiger partial charge in [-0.15, -0.1) is 11.8 Å². The molecular weight excluding hydrogens is 162 g/mol. The van der Waals surface area contributed by atoms with E-state index in [9.17, 15) is 5.11 Å². The fourth-order valence-corrected chi connectivity index (χ4v) is 1.78. The summed E-state index contributed by atoms with van der Waals surface area (Å²) in [6.07, 6.45) is 4.53. The lowest BCUT2D eigenvalue weighted by molar-refractivity contribution is 0.0210. The zero-order valence-electron chi connectivity index (χ0n) is 8.40. The van der Waals surface area contributed by atoms with Crippen LogP contribution in [0.3, 0.4) is 0 Å². The minimum Gasteiger partial charge on any atom is -0.390 e. The second-order valence-electron chi connectivity index (χ2n) is 3.75. The zero-order valence-corrected chi connectivity index (χ0v) is 8.40. The lowest BCUT2D eigenvalue weighted by Gasteiger charge is -2.25. The van der Waals surface area contributed by atoms with Gasteiger partial charge in [0.05, 0.1) is 5.60 Å². The fraction of sp³-hybridized carbons (Fsp3) is 0.818. The molecule has 74 valence electrons. The largest absolute Gasteiger partial charge is 0.390 e. The highest BCUT2D eigenvalue weighted by Gasteiger charge is 2.26. The van der Waals surface area contributed by atoms with E-state index in [4.69, 9.17) is 0 Å². The molecule has 0 spiro atoms. The van der Waals surface area contributed by atoms with Crippen molar-refractivity contribution in [3.05, 3.63) is 0 Å². The highest BCUT2D eigenvalue weighted by atomic mass is 16.3. The molecule has 0 aromatic heterocycles. The average molecular weight is 181 g/mol. The van der Waals surface area contributed by atoms with E-state index in [1.54, 1.807) is 0 Å². The van der Waals surface area contributed by atoms with Crippen molar-refractivity contribution in [2.24, 2.45) is 0 Å². The van der Waals surface area contributed by atoms with Crippen molar-refractivity contribution in [1.29, 1.82) is 0 Å². The predicted molar refractivity (Wildman–Crippen MR) is 54.4 cm³/mol. The summed E-state index contributed by atoms with van der Waals surface area (Å²) in [5, 5.41) is 13.5. The van der Waals surface area contributed by atoms with Crippen LogP contribution in [0.25, 0.3) is 0 Å². The van der Waals surface area contributed by atoms with Crippen LogP contribution in [0.4, 0.5) is 0 Å². The Morgan fingerprint density at radius 2 is 2.23 bits per heavy atom. The van der Waals surface area contributed by atoms with Crippen LogP contribution >= 0.6 is 0 Å². The number of nitrogens with one attached hydrogen (secondary N) is 1. The molecule has 1 atom stereocenters. The standard InChI is InChI=1S/C11H19NO/c1-2-3-4-6-11(13)7-5-9-12-10-8-11/h12-13H,4-10H2,1H3. The molecule has 1 aliphatic heterocycles. The van der Waals surface area contributed by atoms with Gasteiger partial charge in [0.2, 0.25) is 0 Å². The average Bonchev–Trinajstić information content (AvgIpc) is 2.31. The van der Waals surface area contributed by atoms with E-state index in [1.807, 2.05) is 6.92 Å². The molecule has 2 nitrogen and oxygen atoms in total. The van der Waals surface area contributed by atoms with Gasteiger partial charge in [-0.3, -0.25) is 0 Å². The van der Waals surface area contributed by atoms with E-state index in [2.05, 4.69) is 17.2 Å². The molecule has 0 amide bonds. The Morgan fingerprint density at radius 1 is 1.38 bits per heavy atom. The highest BCUT2D eigenvalue weighted by molar-refractivity contribution is 4.97. The Bertz CT molecular complexity index is 194. The van der Waals surface area contributed by atoms with Gasteiger partial charge in [0.15, 0.2) is 0 Å². The first kappa shape index (κ1) is 10.6. The van der Waals surface area contributed by atoms with Crippen molar-refractivity contribution in [1.82, 2.24) is 5.32 Å². The molecule has 2 heteroatoms. The van der Waals surface area contributed by atoms with Crippen LogP contribution < -0.4 is 5.32 Å². The summed E-state index contributed by atoms with van der Waals surface area (Å²) in [6.45, 7) is 3.83. The van der Waals surface area contributed by atoms with Crippen molar-refractivity contribution in [3.63, 3.8) is 0 Å². The second kappa shape index (κ2) is 5.26. The topological polar surface area (TPSA) is 32.3 Å². The number of rotatable bonds is 2. The Hall–Kier alpha value is -0.520. The smallest absolute Gasteiger partial charge is 0.0669 e. The van der Waals surface area contributed by atoms with Crippen LogP contribution in [-0.4, -0.2) is 23.8 Å². The van der Waals surface area contributed by atoms with Crippen molar-refractivity contribution in [2.75, 3.05) is 13.1 Å². The van der Waals surface area contributed by atoms with Crippen LogP contribution in [0, 0.1) is 11.8 Å². The molecule has 0 saturated carbocycles. The maximum absolute atomic E-state index is 10.2. The van der Waals surface area contributed by atoms with Gasteiger partial charge in [0.25, 0.3) is 0 Å². The third kappa shape index (κ3) is 3.80. The Morgan fingerprint density at radius 3 is 3.00 bits per heavy atom. The lowest BCUT2D eigenvalue weighted by atomic mass is 9.90. The molecule has 0 bridgehead atoms. The van der Waals surface area contributed by atoms with Gasteiger partial charge < -0.3 is 10.4 Å². The molecule has 1 aliphatic rings. The highest BCUT2D eigenvalue weighted by Crippen LogP contribution is 2.24. The van der Waals surface area contributed by atoms with Crippen molar-refractivity contribution in [3.8, 4) is 11.8 Å². The third-order valence-corrected chi connectivity index (χ3v) is 2.65. The molecule has 1 unspecified atom stereocenters. The van der Waals surface area contributed by atoms with Gasteiger partial charge in [-0.1, -0.05) is 0 Å². The molecule has 1 saturated heterocycles. The quantitative estimate of drug-likeness (QED) is 0.629. The Kier molecular flexibility index (Phi) is 4.27. The van der Waals surface area contributed by atoms with Crippen molar-refractivity contribution < 1.29 is 5.11 Å². The Balaban J connectivity index is 2.36. The fourth-order valence-electron chi connectivity index (χ4n) is 1.78. The van der Waals surface area contributed by atoms with Gasteiger partial charge in [-0.25, -0.2) is 0 Å². The summed E-state index contributed by atoms with van der Waals surface area (Å²) >= 11 is 0. The SMILES string of the molecule is CC#CCCC1(O)CCCNCC1. The van der Waals surface area contributed by atoms with Crippen LogP contribution in [0.1, 0.15) is 39.0 Å². The molecule has 0 aromatic rings. The van der Waals surface area contributed by atoms with Gasteiger partial charge in [-0.2, -0.15) is 0 Å². The second-order valence-corrected chi connectivity index (χ2v) is 3.75. The van der Waals surface area contributed by atoms with Gasteiger partial charge in [-0.05, 0) is 45.7 Å². The molecule has 1 fully saturated rings. The van der Waals surface area contributed by atoms with Crippen molar-refractivity contribution >= 4 is 0 Å². The molecule has 0 aromatic carbocycles. The van der Waals surface area contributed by atoms with Gasteiger partial charge >= 0.3 is 0 Å². The van der Waals surface area contributed by atoms with E-state index < -0.39 is 5.60 Å². The van der Waals surface area contributed by atoms with E-state index in [0.717, 1.165) is 45.2 Å². The molecule has 0 radical (unpaired) electrons. The zero-order chi connectivity index (χ0) is 9.57. The predicted octanol–water partition coefficient (Wildman–Crippen LogP) is 1.29. The summed E-state index contributed by atoms with van der Waals surface area (Å²) < 4.78 is 0. The molecule has 13 heavy (non-hydrogen) atoms. The molecule has 0 aliphatic carbocycles. The minimum atomic E-state index is -0.451. The minimum absolute atomic E-state index is 0.451. The van der Waals surface area contributed by atoms with Crippen LogP contribution in [0.2, 0.25) is 0 Å². The molecule has 1 heterocycles. The van der Waals surface area contributed by atoms with Crippen LogP contribution in [0.5, 0.6) is 0 Å². The van der Waals surface area contributed by atoms with Crippen LogP contribution in [0.15, 0.2) is 0 Å². The third-order valence-electron chi connectivity index (χ3n) is 2.65. The molecule has 1 rings (SSSR count). The number of hydrogen-bond donors (Lipinski definition) is 2. The maximum Gasteiger partial charge on any atom is 0.0669 e. The van der Waals surface area contributed by atoms with Gasteiger partial charge in [0.1, 0.15) is 0 Å². The molecule has 2 N–H and O–H groups in total. The summed E-state index contributed by atoms with van der Waals surface area (Å²) in [4.78, 5) is 0. The van der Waals surface area contributed by atoms with Crippen LogP contribution in [-0.2, 0) is 0 Å². The number of hydrogen-bond acceptors (Lipinski definition) is 2. The Labute approximate surface area is 80.7 Å². The summed E-state index contributed by atoms with van der Waals surface area (Å²) in [7, 11) is 0. The summed E-state index contributed by atoms with van der Waals surface area (Å²) in [5.41, 5.74) is -0.451. The normalized spacial score (nSPS) is 28.8. The van der Waals surface area contributed by atoms with Crippen molar-refractivity contribution in [2.45, 2.75) is 44.6 Å². The maximum atomic E-state index is 10.2. The first-order chi connectivity index (χ1) is 6.27.